The summed E-state index contributed by atoms with van der Waals surface area (Å²) in [5.74, 6) is -0.356. The average Bonchev–Trinajstić information content (AvgIpc) is 3.63. The van der Waals surface area contributed by atoms with E-state index in [9.17, 15) is 5.26 Å². The van der Waals surface area contributed by atoms with Crippen LogP contribution in [0.1, 0.15) is 77.5 Å². The lowest BCUT2D eigenvalue weighted by molar-refractivity contribution is 0.0899. The molecule has 0 saturated carbocycles. The topological polar surface area (TPSA) is 97.3 Å². The van der Waals surface area contributed by atoms with Crippen molar-refractivity contribution in [3.05, 3.63) is 68.6 Å². The first-order chi connectivity index (χ1) is 20.1. The number of halogens is 2. The summed E-state index contributed by atoms with van der Waals surface area (Å²) in [6.45, 7) is 12.8. The zero-order chi connectivity index (χ0) is 30.7. The summed E-state index contributed by atoms with van der Waals surface area (Å²) < 4.78 is 43.9. The van der Waals surface area contributed by atoms with Gasteiger partial charge in [0.25, 0.3) is 0 Å². The Kier molecular flexibility index (Phi) is 9.80. The van der Waals surface area contributed by atoms with E-state index in [1.165, 1.54) is 6.08 Å². The van der Waals surface area contributed by atoms with Gasteiger partial charge in [-0.2, -0.15) is 5.26 Å². The molecule has 224 valence electrons. The van der Waals surface area contributed by atoms with E-state index in [1.807, 2.05) is 25.7 Å². The second kappa shape index (κ2) is 13.1. The van der Waals surface area contributed by atoms with Gasteiger partial charge in [-0.3, -0.25) is 0 Å². The second-order valence-corrected chi connectivity index (χ2v) is 11.1. The van der Waals surface area contributed by atoms with Gasteiger partial charge in [0.15, 0.2) is 5.82 Å². The van der Waals surface area contributed by atoms with Crippen molar-refractivity contribution >= 4 is 22.4 Å². The Hall–Kier alpha value is -3.61. The van der Waals surface area contributed by atoms with E-state index in [-0.39, 0.29) is 47.5 Å². The highest BCUT2D eigenvalue weighted by molar-refractivity contribution is 5.96. The summed E-state index contributed by atoms with van der Waals surface area (Å²) in [5, 5.41) is 10.9. The zero-order valence-corrected chi connectivity index (χ0v) is 25.7. The predicted molar refractivity (Wildman–Crippen MR) is 162 cm³/mol. The van der Waals surface area contributed by atoms with Gasteiger partial charge < -0.3 is 20.1 Å². The van der Waals surface area contributed by atoms with Crippen molar-refractivity contribution in [1.82, 2.24) is 9.97 Å². The monoisotopic (exact) mass is 577 g/mol. The van der Waals surface area contributed by atoms with Gasteiger partial charge >= 0.3 is 0 Å². The largest absolute Gasteiger partial charge is 0.401 e. The molecule has 2 atom stereocenters. The van der Waals surface area contributed by atoms with Gasteiger partial charge in [-0.05, 0) is 55.9 Å². The summed E-state index contributed by atoms with van der Waals surface area (Å²) >= 11 is 0. The molecule has 0 bridgehead atoms. The normalized spacial score (nSPS) is 20.8. The molecule has 7 nitrogen and oxygen atoms in total. The molecule has 1 aromatic carbocycles. The lowest BCUT2D eigenvalue weighted by atomic mass is 9.81. The van der Waals surface area contributed by atoms with Gasteiger partial charge in [0.2, 0.25) is 5.95 Å². The summed E-state index contributed by atoms with van der Waals surface area (Å²) in [7, 11) is 1.69. The van der Waals surface area contributed by atoms with Crippen LogP contribution in [0.3, 0.4) is 0 Å². The molecule has 0 radical (unpaired) electrons. The molecule has 2 aromatic rings. The minimum absolute atomic E-state index is 0.0295. The Morgan fingerprint density at radius 1 is 1.26 bits per heavy atom. The van der Waals surface area contributed by atoms with Crippen LogP contribution in [0.4, 0.5) is 14.7 Å². The van der Waals surface area contributed by atoms with Crippen molar-refractivity contribution < 1.29 is 18.3 Å². The molecule has 2 N–H and O–H groups in total. The third kappa shape index (κ3) is 5.58. The fourth-order valence-electron chi connectivity index (χ4n) is 5.97. The fraction of sp³-hybridized carbons (Fsp3) is 0.485. The van der Waals surface area contributed by atoms with Crippen LogP contribution in [0.2, 0.25) is 0 Å². The number of anilines is 1. The number of nitrogens with two attached hydrogens (primary N) is 1. The number of nitrogens with zero attached hydrogens (tertiary/aromatic N) is 4. The van der Waals surface area contributed by atoms with E-state index in [1.54, 1.807) is 27.2 Å². The van der Waals surface area contributed by atoms with E-state index in [0.717, 1.165) is 11.1 Å². The van der Waals surface area contributed by atoms with Crippen molar-refractivity contribution in [2.75, 3.05) is 25.1 Å². The highest BCUT2D eigenvalue weighted by Gasteiger charge is 2.34. The van der Waals surface area contributed by atoms with Crippen molar-refractivity contribution in [1.29, 1.82) is 5.26 Å². The number of hydrogen-bond acceptors (Lipinski definition) is 7. The number of allylic oxidation sites excluding steroid dienone is 8. The Bertz CT molecular complexity index is 1550. The summed E-state index contributed by atoms with van der Waals surface area (Å²) in [5.41, 5.74) is 10.6. The van der Waals surface area contributed by atoms with Gasteiger partial charge in [0.05, 0.1) is 24.9 Å². The Labute approximate surface area is 247 Å². The molecular formula is C33H41F2N5O2. The molecule has 2 aliphatic rings. The van der Waals surface area contributed by atoms with Gasteiger partial charge in [0.1, 0.15) is 17.4 Å². The Balaban J connectivity index is 2.08. The maximum absolute atomic E-state index is 17.1. The molecule has 0 amide bonds. The second-order valence-electron chi connectivity index (χ2n) is 11.1. The number of fused-ring (bicyclic) bond motifs is 3. The number of rotatable bonds is 9. The molecule has 1 fully saturated rings. The zero-order valence-electron chi connectivity index (χ0n) is 25.7. The highest BCUT2D eigenvalue weighted by Crippen LogP contribution is 2.45. The average molecular weight is 578 g/mol. The van der Waals surface area contributed by atoms with E-state index >= 15 is 8.78 Å². The highest BCUT2D eigenvalue weighted by atomic mass is 19.1. The van der Waals surface area contributed by atoms with Gasteiger partial charge in [-0.15, -0.1) is 0 Å². The summed E-state index contributed by atoms with van der Waals surface area (Å²) in [6, 6.07) is 2.23. The fourth-order valence-corrected chi connectivity index (χ4v) is 5.97. The molecule has 0 aliphatic carbocycles. The SMILES string of the molecule is C\C=C(F)/C(C)=C(C(/C#N)=C(/N)CCC)\C(=C(/C)CC)c1c2c(c3cnc(N4CC(C)C(OC)C4)nc3c1F)COC2. The van der Waals surface area contributed by atoms with E-state index < -0.39 is 11.6 Å². The molecule has 9 heteroatoms. The minimum Gasteiger partial charge on any atom is -0.401 e. The third-order valence-electron chi connectivity index (χ3n) is 8.46. The van der Waals surface area contributed by atoms with Gasteiger partial charge in [-0.25, -0.2) is 18.7 Å². The lowest BCUT2D eigenvalue weighted by Crippen LogP contribution is -2.24. The first kappa shape index (κ1) is 31.3. The van der Waals surface area contributed by atoms with E-state index in [0.29, 0.717) is 66.1 Å². The number of ether oxygens (including phenoxy) is 2. The van der Waals surface area contributed by atoms with Crippen LogP contribution in [0.5, 0.6) is 0 Å². The molecular weight excluding hydrogens is 536 g/mol. The van der Waals surface area contributed by atoms with Crippen LogP contribution in [-0.4, -0.2) is 36.3 Å². The smallest absolute Gasteiger partial charge is 0.226 e. The lowest BCUT2D eigenvalue weighted by Gasteiger charge is -2.23. The van der Waals surface area contributed by atoms with Crippen molar-refractivity contribution in [3.8, 4) is 6.07 Å². The molecule has 0 spiro atoms. The van der Waals surface area contributed by atoms with Crippen molar-refractivity contribution in [2.45, 2.75) is 80.1 Å². The molecule has 4 rings (SSSR count). The number of aromatic nitrogens is 2. The summed E-state index contributed by atoms with van der Waals surface area (Å²) in [4.78, 5) is 11.4. The maximum atomic E-state index is 17.1. The molecule has 42 heavy (non-hydrogen) atoms. The van der Waals surface area contributed by atoms with E-state index in [2.05, 4.69) is 18.0 Å². The predicted octanol–water partition coefficient (Wildman–Crippen LogP) is 7.18. The standard InChI is InChI=1S/C33H41F2N5O2/c1-8-11-26(37)21(12-36)29(20(6)25(34)10-3)28(18(4)9-2)30-24-17-42-16-23(24)22-13-38-33(39-32(22)31(30)35)40-14-19(5)27(15-40)41-7/h10,13,19,27H,8-9,11,14-17,37H2,1-7H3/b25-10+,26-21+,28-18-,29-20-. The van der Waals surface area contributed by atoms with Crippen LogP contribution in [0.15, 0.2) is 46.1 Å². The van der Waals surface area contributed by atoms with Crippen LogP contribution in [-0.2, 0) is 22.7 Å². The minimum atomic E-state index is -0.547. The summed E-state index contributed by atoms with van der Waals surface area (Å²) in [6.07, 6.45) is 4.73. The number of nitriles is 1. The molecule has 1 saturated heterocycles. The van der Waals surface area contributed by atoms with Gasteiger partial charge in [-0.1, -0.05) is 38.8 Å². The number of methoxy groups -OCH3 is 1. The first-order valence-corrected chi connectivity index (χ1v) is 14.6. The van der Waals surface area contributed by atoms with Crippen LogP contribution < -0.4 is 10.6 Å². The van der Waals surface area contributed by atoms with Crippen molar-refractivity contribution in [3.63, 3.8) is 0 Å². The molecule has 3 heterocycles. The van der Waals surface area contributed by atoms with Gasteiger partial charge in [0, 0.05) is 54.5 Å². The van der Waals surface area contributed by atoms with Crippen LogP contribution in [0, 0.1) is 23.1 Å². The quantitative estimate of drug-likeness (QED) is 0.249. The molecule has 2 aliphatic heterocycles. The molecule has 1 aromatic heterocycles. The Morgan fingerprint density at radius 2 is 1.98 bits per heavy atom. The van der Waals surface area contributed by atoms with Crippen LogP contribution >= 0.6 is 0 Å². The molecule has 2 unspecified atom stereocenters. The Morgan fingerprint density at radius 3 is 2.57 bits per heavy atom. The van der Waals surface area contributed by atoms with Crippen molar-refractivity contribution in [2.24, 2.45) is 11.7 Å². The number of hydrogen-bond donors (Lipinski definition) is 1. The number of benzene rings is 1. The first-order valence-electron chi connectivity index (χ1n) is 14.6. The third-order valence-corrected chi connectivity index (χ3v) is 8.46. The van der Waals surface area contributed by atoms with Crippen LogP contribution in [0.25, 0.3) is 16.5 Å². The maximum Gasteiger partial charge on any atom is 0.226 e. The van der Waals surface area contributed by atoms with E-state index in [4.69, 9.17) is 20.2 Å².